The van der Waals surface area contributed by atoms with E-state index in [2.05, 4.69) is 10.6 Å². The van der Waals surface area contributed by atoms with Gasteiger partial charge in [-0.1, -0.05) is 36.4 Å². The van der Waals surface area contributed by atoms with Crippen molar-refractivity contribution in [3.8, 4) is 5.75 Å². The van der Waals surface area contributed by atoms with E-state index in [4.69, 9.17) is 9.47 Å². The number of carbonyl (C=O) groups excluding carboxylic acids is 1. The summed E-state index contributed by atoms with van der Waals surface area (Å²) < 4.78 is 10.5. The molecule has 25 heavy (non-hydrogen) atoms. The standard InChI is InChI=1S/C20H26N2O3/c1-14-10-11-18(25-4)17(12-14)22-20(23)19(21-15(2)13-24-3)16-8-6-5-7-9-16/h5-12,15,19,21H,13H2,1-4H3,(H,22,23)/t15-,19-/m0/s1. The van der Waals surface area contributed by atoms with Gasteiger partial charge in [-0.3, -0.25) is 10.1 Å². The summed E-state index contributed by atoms with van der Waals surface area (Å²) in [5.74, 6) is 0.494. The lowest BCUT2D eigenvalue weighted by atomic mass is 10.0. The summed E-state index contributed by atoms with van der Waals surface area (Å²) in [4.78, 5) is 13.0. The van der Waals surface area contributed by atoms with E-state index in [0.717, 1.165) is 11.1 Å². The van der Waals surface area contributed by atoms with Crippen LogP contribution in [0.5, 0.6) is 5.75 Å². The highest BCUT2D eigenvalue weighted by atomic mass is 16.5. The molecular weight excluding hydrogens is 316 g/mol. The molecule has 2 N–H and O–H groups in total. The summed E-state index contributed by atoms with van der Waals surface area (Å²) in [5.41, 5.74) is 2.61. The van der Waals surface area contributed by atoms with E-state index in [1.165, 1.54) is 0 Å². The van der Waals surface area contributed by atoms with Crippen LogP contribution >= 0.6 is 0 Å². The number of anilines is 1. The summed E-state index contributed by atoms with van der Waals surface area (Å²) in [7, 11) is 3.24. The Morgan fingerprint density at radius 2 is 1.84 bits per heavy atom. The van der Waals surface area contributed by atoms with Gasteiger partial charge >= 0.3 is 0 Å². The number of methoxy groups -OCH3 is 2. The molecule has 2 rings (SSSR count). The molecule has 2 aromatic carbocycles. The zero-order valence-electron chi connectivity index (χ0n) is 15.2. The highest BCUT2D eigenvalue weighted by Crippen LogP contribution is 2.26. The normalized spacial score (nSPS) is 13.1. The first kappa shape index (κ1) is 19.0. The number of carbonyl (C=O) groups is 1. The van der Waals surface area contributed by atoms with Gasteiger partial charge in [-0.2, -0.15) is 0 Å². The molecule has 0 fully saturated rings. The number of ether oxygens (including phenoxy) is 2. The van der Waals surface area contributed by atoms with E-state index >= 15 is 0 Å². The van der Waals surface area contributed by atoms with E-state index in [1.54, 1.807) is 14.2 Å². The van der Waals surface area contributed by atoms with Crippen molar-refractivity contribution in [2.45, 2.75) is 25.9 Å². The Hall–Kier alpha value is -2.37. The summed E-state index contributed by atoms with van der Waals surface area (Å²) in [6, 6.07) is 14.9. The molecule has 0 radical (unpaired) electrons. The highest BCUT2D eigenvalue weighted by Gasteiger charge is 2.23. The zero-order chi connectivity index (χ0) is 18.2. The van der Waals surface area contributed by atoms with Crippen LogP contribution in [0.15, 0.2) is 48.5 Å². The molecule has 2 atom stereocenters. The van der Waals surface area contributed by atoms with Crippen LogP contribution in [-0.4, -0.2) is 32.8 Å². The smallest absolute Gasteiger partial charge is 0.246 e. The third kappa shape index (κ3) is 5.31. The van der Waals surface area contributed by atoms with E-state index in [0.29, 0.717) is 18.0 Å². The Morgan fingerprint density at radius 1 is 1.12 bits per heavy atom. The number of nitrogens with one attached hydrogen (secondary N) is 2. The van der Waals surface area contributed by atoms with Gasteiger partial charge in [-0.25, -0.2) is 0 Å². The Morgan fingerprint density at radius 3 is 2.48 bits per heavy atom. The van der Waals surface area contributed by atoms with Gasteiger partial charge in [-0.05, 0) is 37.1 Å². The summed E-state index contributed by atoms with van der Waals surface area (Å²) >= 11 is 0. The number of amides is 1. The molecule has 0 saturated heterocycles. The highest BCUT2D eigenvalue weighted by molar-refractivity contribution is 5.96. The van der Waals surface area contributed by atoms with Crippen LogP contribution in [0.25, 0.3) is 0 Å². The summed E-state index contributed by atoms with van der Waals surface area (Å²) in [5, 5.41) is 6.31. The van der Waals surface area contributed by atoms with Crippen molar-refractivity contribution in [1.82, 2.24) is 5.32 Å². The summed E-state index contributed by atoms with van der Waals surface area (Å²) in [6.45, 7) is 4.48. The molecule has 5 heteroatoms. The minimum atomic E-state index is -0.489. The van der Waals surface area contributed by atoms with Gasteiger partial charge in [0.2, 0.25) is 5.91 Å². The zero-order valence-corrected chi connectivity index (χ0v) is 15.2. The first-order valence-electron chi connectivity index (χ1n) is 8.30. The quantitative estimate of drug-likeness (QED) is 0.773. The topological polar surface area (TPSA) is 59.6 Å². The monoisotopic (exact) mass is 342 g/mol. The molecule has 0 unspecified atom stereocenters. The van der Waals surface area contributed by atoms with Crippen LogP contribution in [0.3, 0.4) is 0 Å². The van der Waals surface area contributed by atoms with Crippen LogP contribution in [0.2, 0.25) is 0 Å². The van der Waals surface area contributed by atoms with Gasteiger partial charge in [0.15, 0.2) is 0 Å². The van der Waals surface area contributed by atoms with Crippen LogP contribution in [-0.2, 0) is 9.53 Å². The average molecular weight is 342 g/mol. The molecule has 0 spiro atoms. The minimum Gasteiger partial charge on any atom is -0.495 e. The van der Waals surface area contributed by atoms with E-state index in [9.17, 15) is 4.79 Å². The molecule has 0 heterocycles. The van der Waals surface area contributed by atoms with Gasteiger partial charge in [0.25, 0.3) is 0 Å². The van der Waals surface area contributed by atoms with Crippen LogP contribution in [0.1, 0.15) is 24.1 Å². The number of rotatable bonds is 8. The van der Waals surface area contributed by atoms with Crippen molar-refractivity contribution in [3.05, 3.63) is 59.7 Å². The third-order valence-electron chi connectivity index (χ3n) is 3.88. The molecule has 0 aliphatic carbocycles. The largest absolute Gasteiger partial charge is 0.495 e. The van der Waals surface area contributed by atoms with E-state index in [1.807, 2.05) is 62.4 Å². The Bertz CT molecular complexity index is 689. The second-order valence-electron chi connectivity index (χ2n) is 6.06. The average Bonchev–Trinajstić information content (AvgIpc) is 2.61. The van der Waals surface area contributed by atoms with Gasteiger partial charge in [-0.15, -0.1) is 0 Å². The molecule has 1 amide bonds. The second kappa shape index (κ2) is 9.20. The molecule has 0 aromatic heterocycles. The lowest BCUT2D eigenvalue weighted by Gasteiger charge is -2.23. The fraction of sp³-hybridized carbons (Fsp3) is 0.350. The van der Waals surface area contributed by atoms with Crippen LogP contribution < -0.4 is 15.4 Å². The minimum absolute atomic E-state index is 0.0281. The van der Waals surface area contributed by atoms with E-state index < -0.39 is 6.04 Å². The van der Waals surface area contributed by atoms with Gasteiger partial charge < -0.3 is 14.8 Å². The molecular formula is C20H26N2O3. The maximum atomic E-state index is 13.0. The SMILES string of the molecule is COC[C@H](C)N[C@H](C(=O)Nc1cc(C)ccc1OC)c1ccccc1. The Kier molecular flexibility index (Phi) is 6.98. The van der Waals surface area contributed by atoms with Crippen molar-refractivity contribution >= 4 is 11.6 Å². The molecule has 0 aliphatic heterocycles. The molecule has 0 bridgehead atoms. The lowest BCUT2D eigenvalue weighted by Crippen LogP contribution is -2.40. The maximum absolute atomic E-state index is 13.0. The number of hydrogen-bond acceptors (Lipinski definition) is 4. The van der Waals surface area contributed by atoms with E-state index in [-0.39, 0.29) is 11.9 Å². The molecule has 0 saturated carbocycles. The van der Waals surface area contributed by atoms with Crippen molar-refractivity contribution in [2.75, 3.05) is 26.1 Å². The molecule has 0 aliphatic rings. The summed E-state index contributed by atoms with van der Waals surface area (Å²) in [6.07, 6.45) is 0. The first-order valence-corrected chi connectivity index (χ1v) is 8.30. The van der Waals surface area contributed by atoms with Gasteiger partial charge in [0.05, 0.1) is 19.4 Å². The van der Waals surface area contributed by atoms with Crippen molar-refractivity contribution in [1.29, 1.82) is 0 Å². The fourth-order valence-corrected chi connectivity index (χ4v) is 2.68. The first-order chi connectivity index (χ1) is 12.0. The van der Waals surface area contributed by atoms with Gasteiger partial charge in [0.1, 0.15) is 11.8 Å². The van der Waals surface area contributed by atoms with Crippen molar-refractivity contribution in [3.63, 3.8) is 0 Å². The second-order valence-corrected chi connectivity index (χ2v) is 6.06. The maximum Gasteiger partial charge on any atom is 0.246 e. The predicted octanol–water partition coefficient (Wildman–Crippen LogP) is 3.31. The Labute approximate surface area is 149 Å². The molecule has 2 aromatic rings. The van der Waals surface area contributed by atoms with Crippen LogP contribution in [0, 0.1) is 6.92 Å². The Balaban J connectivity index is 2.25. The van der Waals surface area contributed by atoms with Crippen molar-refractivity contribution < 1.29 is 14.3 Å². The molecule has 5 nitrogen and oxygen atoms in total. The van der Waals surface area contributed by atoms with Crippen molar-refractivity contribution in [2.24, 2.45) is 0 Å². The number of aryl methyl sites for hydroxylation is 1. The predicted molar refractivity (Wildman–Crippen MR) is 100 cm³/mol. The van der Waals surface area contributed by atoms with Gasteiger partial charge in [0, 0.05) is 13.2 Å². The number of benzene rings is 2. The van der Waals surface area contributed by atoms with Crippen LogP contribution in [0.4, 0.5) is 5.69 Å². The fourth-order valence-electron chi connectivity index (χ4n) is 2.68. The lowest BCUT2D eigenvalue weighted by molar-refractivity contribution is -0.118. The third-order valence-corrected chi connectivity index (χ3v) is 3.88. The molecule has 134 valence electrons. The number of hydrogen-bond donors (Lipinski definition) is 2.